The van der Waals surface area contributed by atoms with Gasteiger partial charge in [0.05, 0.1) is 0 Å². The first-order valence-electron chi connectivity index (χ1n) is 4.80. The quantitative estimate of drug-likeness (QED) is 0.544. The summed E-state index contributed by atoms with van der Waals surface area (Å²) in [5.74, 6) is 0. The molecule has 0 atom stereocenters. The molecule has 0 saturated heterocycles. The average molecular weight is 176 g/mol. The van der Waals surface area contributed by atoms with Crippen LogP contribution in [0.3, 0.4) is 0 Å². The van der Waals surface area contributed by atoms with Crippen LogP contribution in [0.2, 0.25) is 0 Å². The molecule has 0 unspecified atom stereocenters. The molecule has 0 heteroatoms. The van der Waals surface area contributed by atoms with Gasteiger partial charge in [0.25, 0.3) is 0 Å². The highest BCUT2D eigenvalue weighted by Gasteiger charge is 1.97. The van der Waals surface area contributed by atoms with Crippen molar-refractivity contribution in [3.8, 4) is 0 Å². The molecule has 0 rings (SSSR count). The Morgan fingerprint density at radius 3 is 2.38 bits per heavy atom. The van der Waals surface area contributed by atoms with Crippen LogP contribution >= 0.6 is 0 Å². The Kier molecular flexibility index (Phi) is 5.96. The van der Waals surface area contributed by atoms with E-state index in [0.717, 1.165) is 12.0 Å². The van der Waals surface area contributed by atoms with Gasteiger partial charge in [0.2, 0.25) is 0 Å². The second-order valence-electron chi connectivity index (χ2n) is 3.18. The lowest BCUT2D eigenvalue weighted by Crippen LogP contribution is -1.85. The minimum atomic E-state index is 1.11. The highest BCUT2D eigenvalue weighted by molar-refractivity contribution is 5.40. The molecule has 0 aliphatic rings. The number of hydrogen-bond donors (Lipinski definition) is 0. The van der Waals surface area contributed by atoms with Gasteiger partial charge in [-0.15, -0.1) is 0 Å². The Balaban J connectivity index is 4.49. The molecule has 0 saturated carbocycles. The number of rotatable bonds is 5. The molecule has 0 fully saturated rings. The van der Waals surface area contributed by atoms with Crippen LogP contribution in [-0.2, 0) is 0 Å². The second kappa shape index (κ2) is 6.47. The van der Waals surface area contributed by atoms with Crippen LogP contribution in [0, 0.1) is 0 Å². The zero-order valence-corrected chi connectivity index (χ0v) is 9.06. The van der Waals surface area contributed by atoms with Gasteiger partial charge >= 0.3 is 0 Å². The largest absolute Gasteiger partial charge is 0.0988 e. The van der Waals surface area contributed by atoms with E-state index in [1.54, 1.807) is 0 Å². The molecule has 0 radical (unpaired) electrons. The van der Waals surface area contributed by atoms with Gasteiger partial charge in [0.15, 0.2) is 0 Å². The molecule has 0 nitrogen and oxygen atoms in total. The van der Waals surface area contributed by atoms with E-state index < -0.39 is 0 Å². The first-order valence-corrected chi connectivity index (χ1v) is 4.80. The van der Waals surface area contributed by atoms with E-state index in [9.17, 15) is 0 Å². The molecule has 0 aromatic carbocycles. The average Bonchev–Trinajstić information content (AvgIpc) is 2.13. The van der Waals surface area contributed by atoms with Crippen LogP contribution in [0.5, 0.6) is 0 Å². The topological polar surface area (TPSA) is 0 Å². The molecule has 0 aromatic rings. The molecule has 0 bridgehead atoms. The van der Waals surface area contributed by atoms with Gasteiger partial charge in [0.1, 0.15) is 0 Å². The van der Waals surface area contributed by atoms with E-state index in [0.29, 0.717) is 0 Å². The Morgan fingerprint density at radius 2 is 2.00 bits per heavy atom. The van der Waals surface area contributed by atoms with Gasteiger partial charge in [-0.1, -0.05) is 50.3 Å². The van der Waals surface area contributed by atoms with Crippen molar-refractivity contribution in [1.29, 1.82) is 0 Å². The maximum absolute atomic E-state index is 4.04. The smallest absolute Gasteiger partial charge is 0.0279 e. The highest BCUT2D eigenvalue weighted by atomic mass is 14.0. The first kappa shape index (κ1) is 12.0. The summed E-state index contributed by atoms with van der Waals surface area (Å²) < 4.78 is 0. The molecule has 0 heterocycles. The fourth-order valence-electron chi connectivity index (χ4n) is 1.19. The van der Waals surface area contributed by atoms with Crippen molar-refractivity contribution in [2.75, 3.05) is 0 Å². The molecule has 0 aliphatic heterocycles. The Labute approximate surface area is 82.4 Å². The summed E-state index contributed by atoms with van der Waals surface area (Å²) in [4.78, 5) is 0. The second-order valence-corrected chi connectivity index (χ2v) is 3.18. The molecule has 72 valence electrons. The van der Waals surface area contributed by atoms with Gasteiger partial charge in [-0.2, -0.15) is 0 Å². The van der Waals surface area contributed by atoms with Crippen LogP contribution in [-0.4, -0.2) is 0 Å². The monoisotopic (exact) mass is 176 g/mol. The lowest BCUT2D eigenvalue weighted by molar-refractivity contribution is 0.916. The van der Waals surface area contributed by atoms with Crippen LogP contribution < -0.4 is 0 Å². The van der Waals surface area contributed by atoms with Gasteiger partial charge < -0.3 is 0 Å². The summed E-state index contributed by atoms with van der Waals surface area (Å²) in [7, 11) is 0. The molecule has 13 heavy (non-hydrogen) atoms. The lowest BCUT2D eigenvalue weighted by atomic mass is 10.0. The van der Waals surface area contributed by atoms with Crippen LogP contribution in [0.15, 0.2) is 48.1 Å². The minimum Gasteiger partial charge on any atom is -0.0988 e. The molecular weight excluding hydrogens is 156 g/mol. The van der Waals surface area contributed by atoms with Gasteiger partial charge in [-0.25, -0.2) is 0 Å². The van der Waals surface area contributed by atoms with Crippen LogP contribution in [0.1, 0.15) is 33.6 Å². The predicted molar refractivity (Wildman–Crippen MR) is 61.8 cm³/mol. The van der Waals surface area contributed by atoms with E-state index in [1.165, 1.54) is 17.6 Å². The van der Waals surface area contributed by atoms with Gasteiger partial charge in [0, 0.05) is 0 Å². The fourth-order valence-corrected chi connectivity index (χ4v) is 1.19. The van der Waals surface area contributed by atoms with Crippen molar-refractivity contribution in [2.45, 2.75) is 33.6 Å². The third kappa shape index (κ3) is 4.51. The summed E-state index contributed by atoms with van der Waals surface area (Å²) in [6.07, 6.45) is 8.34. The number of allylic oxidation sites excluding steroid dienone is 6. The maximum Gasteiger partial charge on any atom is -0.0279 e. The Hall–Kier alpha value is -1.04. The standard InChI is InChI=1S/C13H20/c1-6-9-13(8-3)12(5)10-11(4)7-2/h7-8,10H,2,5-6,9H2,1,3-4H3/b11-10-,13-8+. The van der Waals surface area contributed by atoms with Gasteiger partial charge in [-0.05, 0) is 31.4 Å². The van der Waals surface area contributed by atoms with E-state index in [-0.39, 0.29) is 0 Å². The molecule has 0 amide bonds. The van der Waals surface area contributed by atoms with E-state index in [4.69, 9.17) is 0 Å². The molecular formula is C13H20. The van der Waals surface area contributed by atoms with Gasteiger partial charge in [-0.3, -0.25) is 0 Å². The minimum absolute atomic E-state index is 1.11. The van der Waals surface area contributed by atoms with Crippen molar-refractivity contribution in [3.05, 3.63) is 48.1 Å². The van der Waals surface area contributed by atoms with Crippen LogP contribution in [0.4, 0.5) is 0 Å². The number of hydrogen-bond acceptors (Lipinski definition) is 0. The van der Waals surface area contributed by atoms with E-state index >= 15 is 0 Å². The zero-order valence-electron chi connectivity index (χ0n) is 9.06. The van der Waals surface area contributed by atoms with E-state index in [1.807, 2.05) is 13.0 Å². The summed E-state index contributed by atoms with van der Waals surface area (Å²) in [5.41, 5.74) is 3.62. The van der Waals surface area contributed by atoms with Crippen molar-refractivity contribution in [1.82, 2.24) is 0 Å². The third-order valence-corrected chi connectivity index (χ3v) is 2.00. The summed E-state index contributed by atoms with van der Waals surface area (Å²) in [5, 5.41) is 0. The maximum atomic E-state index is 4.04. The van der Waals surface area contributed by atoms with Crippen molar-refractivity contribution < 1.29 is 0 Å². The van der Waals surface area contributed by atoms with Crippen molar-refractivity contribution in [3.63, 3.8) is 0 Å². The highest BCUT2D eigenvalue weighted by Crippen LogP contribution is 2.16. The summed E-state index contributed by atoms with van der Waals surface area (Å²) in [6.45, 7) is 14.0. The third-order valence-electron chi connectivity index (χ3n) is 2.00. The predicted octanol–water partition coefficient (Wildman–Crippen LogP) is 4.42. The fraction of sp³-hybridized carbons (Fsp3) is 0.385. The molecule has 0 spiro atoms. The molecule has 0 N–H and O–H groups in total. The van der Waals surface area contributed by atoms with Crippen molar-refractivity contribution in [2.24, 2.45) is 0 Å². The molecule has 0 aromatic heterocycles. The zero-order chi connectivity index (χ0) is 10.3. The van der Waals surface area contributed by atoms with Crippen molar-refractivity contribution >= 4 is 0 Å². The summed E-state index contributed by atoms with van der Waals surface area (Å²) in [6, 6.07) is 0. The Bertz CT molecular complexity index is 239. The Morgan fingerprint density at radius 1 is 1.38 bits per heavy atom. The first-order chi connectivity index (χ1) is 6.15. The normalized spacial score (nSPS) is 12.8. The summed E-state index contributed by atoms with van der Waals surface area (Å²) >= 11 is 0. The lowest BCUT2D eigenvalue weighted by Gasteiger charge is -2.05. The van der Waals surface area contributed by atoms with Crippen LogP contribution in [0.25, 0.3) is 0 Å². The molecule has 0 aliphatic carbocycles. The SMILES string of the molecule is C=C/C(C)=C\C(=C)/C(=C/C)CCC. The van der Waals surface area contributed by atoms with E-state index in [2.05, 4.69) is 39.2 Å².